The van der Waals surface area contributed by atoms with Crippen LogP contribution < -0.4 is 10.2 Å². The molecule has 2 rings (SSSR count). The molecule has 1 aliphatic heterocycles. The van der Waals surface area contributed by atoms with Crippen molar-refractivity contribution in [2.45, 2.75) is 32.4 Å². The molecule has 0 aromatic heterocycles. The highest BCUT2D eigenvalue weighted by atomic mass is 16.6. The van der Waals surface area contributed by atoms with E-state index in [1.807, 2.05) is 25.8 Å². The first-order valence-corrected chi connectivity index (χ1v) is 8.55. The number of nitrogens with one attached hydrogen (secondary N) is 1. The van der Waals surface area contributed by atoms with Crippen molar-refractivity contribution in [3.05, 3.63) is 29.8 Å². The van der Waals surface area contributed by atoms with E-state index in [9.17, 15) is 14.7 Å². The third kappa shape index (κ3) is 5.60. The average molecular weight is 365 g/mol. The Balaban J connectivity index is 1.95. The highest BCUT2D eigenvalue weighted by Crippen LogP contribution is 2.20. The predicted molar refractivity (Wildman–Crippen MR) is 95.9 cm³/mol. The second-order valence-corrected chi connectivity index (χ2v) is 7.13. The minimum atomic E-state index is -0.979. The summed E-state index contributed by atoms with van der Waals surface area (Å²) in [5, 5.41) is 11.4. The van der Waals surface area contributed by atoms with Crippen molar-refractivity contribution >= 4 is 12.1 Å². The molecule has 8 heteroatoms. The van der Waals surface area contributed by atoms with Gasteiger partial charge in [0.15, 0.2) is 0 Å². The Morgan fingerprint density at radius 3 is 2.38 bits per heavy atom. The summed E-state index contributed by atoms with van der Waals surface area (Å²) < 4.78 is 10.5. The number of hydrazine groups is 1. The Labute approximate surface area is 153 Å². The lowest BCUT2D eigenvalue weighted by Crippen LogP contribution is -2.55. The van der Waals surface area contributed by atoms with E-state index < -0.39 is 17.6 Å². The number of carbonyl (C=O) groups excluding carboxylic acids is 1. The molecule has 1 fully saturated rings. The molecule has 0 radical (unpaired) electrons. The number of carboxylic acid groups (broad SMARTS) is 1. The van der Waals surface area contributed by atoms with E-state index in [4.69, 9.17) is 9.47 Å². The molecule has 0 aliphatic carbocycles. The number of hydrogen-bond donors (Lipinski definition) is 2. The number of amides is 1. The van der Waals surface area contributed by atoms with Crippen LogP contribution in [-0.4, -0.2) is 66.0 Å². The quantitative estimate of drug-likeness (QED) is 0.823. The molecule has 2 N–H and O–H groups in total. The highest BCUT2D eigenvalue weighted by Gasteiger charge is 2.28. The van der Waals surface area contributed by atoms with Gasteiger partial charge < -0.3 is 19.5 Å². The van der Waals surface area contributed by atoms with Crippen molar-refractivity contribution in [1.29, 1.82) is 0 Å². The third-order valence-electron chi connectivity index (χ3n) is 3.92. The zero-order valence-electron chi connectivity index (χ0n) is 15.7. The fourth-order valence-electron chi connectivity index (χ4n) is 2.62. The summed E-state index contributed by atoms with van der Waals surface area (Å²) in [6, 6.07) is 6.07. The van der Waals surface area contributed by atoms with Crippen LogP contribution in [0.2, 0.25) is 0 Å². The first kappa shape index (κ1) is 20.0. The number of hydrogen-bond acceptors (Lipinski definition) is 6. The van der Waals surface area contributed by atoms with Crippen molar-refractivity contribution in [2.24, 2.45) is 0 Å². The molecule has 1 aromatic rings. The highest BCUT2D eigenvalue weighted by molar-refractivity contribution is 5.75. The number of carboxylic acids is 1. The van der Waals surface area contributed by atoms with Crippen LogP contribution in [0.4, 0.5) is 4.79 Å². The fourth-order valence-corrected chi connectivity index (χ4v) is 2.62. The number of methoxy groups -OCH3 is 1. The third-order valence-corrected chi connectivity index (χ3v) is 3.92. The second kappa shape index (κ2) is 8.37. The lowest BCUT2D eigenvalue weighted by atomic mass is 10.1. The van der Waals surface area contributed by atoms with Crippen molar-refractivity contribution in [1.82, 2.24) is 15.3 Å². The van der Waals surface area contributed by atoms with Gasteiger partial charge in [-0.1, -0.05) is 12.1 Å². The van der Waals surface area contributed by atoms with Gasteiger partial charge in [0.2, 0.25) is 0 Å². The van der Waals surface area contributed by atoms with Crippen LogP contribution in [0.15, 0.2) is 24.3 Å². The Hall–Kier alpha value is -2.32. The van der Waals surface area contributed by atoms with Crippen LogP contribution in [0.25, 0.3) is 0 Å². The van der Waals surface area contributed by atoms with Gasteiger partial charge in [-0.15, -0.1) is 0 Å². The second-order valence-electron chi connectivity index (χ2n) is 7.13. The van der Waals surface area contributed by atoms with Crippen LogP contribution in [0.3, 0.4) is 0 Å². The Morgan fingerprint density at radius 1 is 1.19 bits per heavy atom. The van der Waals surface area contributed by atoms with Crippen LogP contribution in [0.1, 0.15) is 32.4 Å². The molecule has 1 unspecified atom stereocenters. The molecule has 1 heterocycles. The van der Waals surface area contributed by atoms with Crippen LogP contribution >= 0.6 is 0 Å². The lowest BCUT2D eigenvalue weighted by Gasteiger charge is -2.36. The van der Waals surface area contributed by atoms with E-state index in [1.54, 1.807) is 29.2 Å². The van der Waals surface area contributed by atoms with Gasteiger partial charge in [0.25, 0.3) is 0 Å². The molecular weight excluding hydrogens is 338 g/mol. The number of aliphatic carboxylic acids is 1. The van der Waals surface area contributed by atoms with Crippen LogP contribution in [0.5, 0.6) is 5.75 Å². The summed E-state index contributed by atoms with van der Waals surface area (Å²) in [4.78, 5) is 25.4. The maximum absolute atomic E-state index is 12.1. The maximum Gasteiger partial charge on any atom is 0.410 e. The fraction of sp³-hybridized carbons (Fsp3) is 0.556. The Morgan fingerprint density at radius 2 is 1.85 bits per heavy atom. The minimum Gasteiger partial charge on any atom is -0.497 e. The van der Waals surface area contributed by atoms with E-state index in [1.165, 1.54) is 7.11 Å². The topological polar surface area (TPSA) is 91.3 Å². The molecule has 144 valence electrons. The SMILES string of the molecule is COc1cccc(C(NN2CCN(C(=O)OC(C)(C)C)CC2)C(=O)O)c1. The van der Waals surface area contributed by atoms with Crippen LogP contribution in [0, 0.1) is 0 Å². The zero-order chi connectivity index (χ0) is 19.3. The van der Waals surface area contributed by atoms with Crippen molar-refractivity contribution in [3.8, 4) is 5.75 Å². The summed E-state index contributed by atoms with van der Waals surface area (Å²) in [6.07, 6.45) is -0.347. The average Bonchev–Trinajstić information content (AvgIpc) is 2.58. The van der Waals surface area contributed by atoms with E-state index in [0.29, 0.717) is 37.5 Å². The standard InChI is InChI=1S/C18H27N3O5/c1-18(2,3)26-17(24)20-8-10-21(11-9-20)19-15(16(22)23)13-6-5-7-14(12-13)25-4/h5-7,12,15,19H,8-11H2,1-4H3,(H,22,23). The predicted octanol–water partition coefficient (Wildman–Crippen LogP) is 1.88. The summed E-state index contributed by atoms with van der Waals surface area (Å²) in [6.45, 7) is 7.43. The maximum atomic E-state index is 12.1. The molecule has 1 aromatic carbocycles. The largest absolute Gasteiger partial charge is 0.497 e. The van der Waals surface area contributed by atoms with Crippen molar-refractivity contribution in [3.63, 3.8) is 0 Å². The Bertz CT molecular complexity index is 636. The Kier molecular flexibility index (Phi) is 6.44. The molecule has 8 nitrogen and oxygen atoms in total. The van der Waals surface area contributed by atoms with Gasteiger partial charge in [0.05, 0.1) is 7.11 Å². The van der Waals surface area contributed by atoms with Gasteiger partial charge in [-0.2, -0.15) is 0 Å². The number of piperazine rings is 1. The lowest BCUT2D eigenvalue weighted by molar-refractivity contribution is -0.141. The molecule has 1 saturated heterocycles. The van der Waals surface area contributed by atoms with Gasteiger partial charge in [-0.3, -0.25) is 4.79 Å². The molecular formula is C18H27N3O5. The van der Waals surface area contributed by atoms with Crippen molar-refractivity contribution < 1.29 is 24.2 Å². The number of carbonyl (C=O) groups is 2. The molecule has 0 bridgehead atoms. The number of ether oxygens (including phenoxy) is 2. The zero-order valence-corrected chi connectivity index (χ0v) is 15.7. The minimum absolute atomic E-state index is 0.347. The van der Waals surface area contributed by atoms with Gasteiger partial charge in [-0.25, -0.2) is 15.2 Å². The summed E-state index contributed by atoms with van der Waals surface area (Å²) in [5.74, 6) is -0.377. The molecule has 26 heavy (non-hydrogen) atoms. The monoisotopic (exact) mass is 365 g/mol. The van der Waals surface area contributed by atoms with Crippen molar-refractivity contribution in [2.75, 3.05) is 33.3 Å². The van der Waals surface area contributed by atoms with Gasteiger partial charge in [0.1, 0.15) is 17.4 Å². The number of benzene rings is 1. The normalized spacial score (nSPS) is 16.8. The van der Waals surface area contributed by atoms with E-state index in [2.05, 4.69) is 5.43 Å². The summed E-state index contributed by atoms with van der Waals surface area (Å²) in [5.41, 5.74) is 3.10. The first-order valence-electron chi connectivity index (χ1n) is 8.55. The van der Waals surface area contributed by atoms with Gasteiger partial charge in [0, 0.05) is 26.2 Å². The molecule has 0 saturated carbocycles. The van der Waals surface area contributed by atoms with Gasteiger partial charge >= 0.3 is 12.1 Å². The summed E-state index contributed by atoms with van der Waals surface area (Å²) >= 11 is 0. The van der Waals surface area contributed by atoms with Crippen LogP contribution in [-0.2, 0) is 9.53 Å². The molecule has 1 atom stereocenters. The molecule has 1 amide bonds. The molecule has 0 spiro atoms. The number of nitrogens with zero attached hydrogens (tertiary/aromatic N) is 2. The first-order chi connectivity index (χ1) is 12.2. The molecule has 1 aliphatic rings. The van der Waals surface area contributed by atoms with E-state index in [-0.39, 0.29) is 6.09 Å². The van der Waals surface area contributed by atoms with E-state index >= 15 is 0 Å². The van der Waals surface area contributed by atoms with E-state index in [0.717, 1.165) is 0 Å². The smallest absolute Gasteiger partial charge is 0.410 e. The summed E-state index contributed by atoms with van der Waals surface area (Å²) in [7, 11) is 1.54. The number of rotatable bonds is 5. The van der Waals surface area contributed by atoms with Gasteiger partial charge in [-0.05, 0) is 38.5 Å².